The molecule has 1 heterocycles. The minimum atomic E-state index is -0.612. The summed E-state index contributed by atoms with van der Waals surface area (Å²) in [4.78, 5) is 15.7. The van der Waals surface area contributed by atoms with Crippen LogP contribution in [0.4, 0.5) is 0 Å². The number of benzene rings is 4. The molecular formula is C33H34N2O4. The number of ether oxygens (including phenoxy) is 2. The molecule has 1 aliphatic carbocycles. The molecular weight excluding hydrogens is 488 g/mol. The Balaban J connectivity index is 1.29. The van der Waals surface area contributed by atoms with E-state index in [4.69, 9.17) is 9.47 Å². The van der Waals surface area contributed by atoms with Crippen molar-refractivity contribution in [1.82, 2.24) is 10.2 Å². The van der Waals surface area contributed by atoms with Crippen molar-refractivity contribution in [3.8, 4) is 11.5 Å². The predicted octanol–water partition coefficient (Wildman–Crippen LogP) is 4.77. The van der Waals surface area contributed by atoms with Crippen LogP contribution in [0.1, 0.15) is 39.9 Å². The second-order valence-corrected chi connectivity index (χ2v) is 10.5. The van der Waals surface area contributed by atoms with E-state index in [-0.39, 0.29) is 24.5 Å². The third kappa shape index (κ3) is 4.98. The molecule has 0 bridgehead atoms. The van der Waals surface area contributed by atoms with E-state index in [1.807, 2.05) is 24.3 Å². The number of carbonyl (C=O) groups excluding carboxylic acids is 1. The Morgan fingerprint density at radius 2 is 1.64 bits per heavy atom. The van der Waals surface area contributed by atoms with Gasteiger partial charge in [0.25, 0.3) is 0 Å². The second kappa shape index (κ2) is 10.7. The standard InChI is InChI=1S/C33H34N2O4/c1-38-30-18-25-13-14-35(20-32(37)34-33-26-10-6-5-9-24(26)17-29(33)36)28(27(25)19-31(30)39-2)16-21-11-12-22-7-3-4-8-23(22)15-21/h3-12,15,18-19,28-29,33,36H,13-14,16-17,20H2,1-2H3,(H,34,37). The molecule has 0 spiro atoms. The lowest BCUT2D eigenvalue weighted by Gasteiger charge is -2.38. The lowest BCUT2D eigenvalue weighted by Crippen LogP contribution is -2.45. The van der Waals surface area contributed by atoms with Gasteiger partial charge in [0.2, 0.25) is 5.91 Å². The Hall–Kier alpha value is -3.87. The molecule has 1 aliphatic heterocycles. The van der Waals surface area contributed by atoms with Crippen LogP contribution in [0.5, 0.6) is 11.5 Å². The number of aliphatic hydroxyl groups is 1. The summed E-state index contributed by atoms with van der Waals surface area (Å²) in [5.74, 6) is 1.33. The molecule has 0 saturated heterocycles. The zero-order valence-corrected chi connectivity index (χ0v) is 22.4. The highest BCUT2D eigenvalue weighted by Gasteiger charge is 2.34. The van der Waals surface area contributed by atoms with Crippen LogP contribution in [-0.4, -0.2) is 49.3 Å². The highest BCUT2D eigenvalue weighted by atomic mass is 16.5. The van der Waals surface area contributed by atoms with Crippen LogP contribution >= 0.6 is 0 Å². The van der Waals surface area contributed by atoms with E-state index in [0.717, 1.165) is 41.8 Å². The van der Waals surface area contributed by atoms with Crippen molar-refractivity contribution in [3.05, 3.63) is 107 Å². The van der Waals surface area contributed by atoms with E-state index in [2.05, 4.69) is 64.8 Å². The Kier molecular flexibility index (Phi) is 6.98. The average molecular weight is 523 g/mol. The summed E-state index contributed by atoms with van der Waals surface area (Å²) in [6.45, 7) is 0.995. The lowest BCUT2D eigenvalue weighted by atomic mass is 9.87. The number of hydrogen-bond donors (Lipinski definition) is 2. The van der Waals surface area contributed by atoms with Crippen molar-refractivity contribution in [3.63, 3.8) is 0 Å². The normalized spacial score (nSPS) is 20.3. The van der Waals surface area contributed by atoms with Crippen LogP contribution < -0.4 is 14.8 Å². The largest absolute Gasteiger partial charge is 0.493 e. The monoisotopic (exact) mass is 522 g/mol. The van der Waals surface area contributed by atoms with Crippen molar-refractivity contribution in [2.75, 3.05) is 27.3 Å². The number of methoxy groups -OCH3 is 2. The van der Waals surface area contributed by atoms with Gasteiger partial charge in [0.05, 0.1) is 32.9 Å². The van der Waals surface area contributed by atoms with Crippen LogP contribution in [0.2, 0.25) is 0 Å². The number of carbonyl (C=O) groups is 1. The zero-order chi connectivity index (χ0) is 26.9. The summed E-state index contributed by atoms with van der Waals surface area (Å²) in [7, 11) is 3.31. The number of aliphatic hydroxyl groups excluding tert-OH is 1. The van der Waals surface area contributed by atoms with Crippen molar-refractivity contribution in [2.45, 2.75) is 37.5 Å². The Morgan fingerprint density at radius 3 is 2.46 bits per heavy atom. The van der Waals surface area contributed by atoms with Gasteiger partial charge >= 0.3 is 0 Å². The van der Waals surface area contributed by atoms with Crippen molar-refractivity contribution in [1.29, 1.82) is 0 Å². The summed E-state index contributed by atoms with van der Waals surface area (Å²) in [6.07, 6.45) is 1.52. The van der Waals surface area contributed by atoms with Crippen LogP contribution in [-0.2, 0) is 24.1 Å². The highest BCUT2D eigenvalue weighted by molar-refractivity contribution is 5.83. The molecule has 6 heteroatoms. The first-order chi connectivity index (χ1) is 19.0. The Bertz CT molecular complexity index is 1520. The molecule has 200 valence electrons. The van der Waals surface area contributed by atoms with Gasteiger partial charge in [-0.1, -0.05) is 66.7 Å². The summed E-state index contributed by atoms with van der Waals surface area (Å²) in [5, 5.41) is 16.2. The van der Waals surface area contributed by atoms with Crippen LogP contribution in [0.15, 0.2) is 78.9 Å². The molecule has 4 aromatic rings. The zero-order valence-electron chi connectivity index (χ0n) is 22.4. The van der Waals surface area contributed by atoms with Gasteiger partial charge in [-0.25, -0.2) is 0 Å². The molecule has 2 N–H and O–H groups in total. The molecule has 3 atom stereocenters. The van der Waals surface area contributed by atoms with Gasteiger partial charge in [-0.15, -0.1) is 0 Å². The van der Waals surface area contributed by atoms with Gasteiger partial charge in [-0.2, -0.15) is 0 Å². The number of hydrogen-bond acceptors (Lipinski definition) is 5. The maximum absolute atomic E-state index is 13.4. The fourth-order valence-corrected chi connectivity index (χ4v) is 6.25. The summed E-state index contributed by atoms with van der Waals surface area (Å²) in [5.41, 5.74) is 5.69. The van der Waals surface area contributed by atoms with Gasteiger partial charge in [-0.05, 0) is 63.6 Å². The maximum Gasteiger partial charge on any atom is 0.234 e. The van der Waals surface area contributed by atoms with Crippen LogP contribution in [0.3, 0.4) is 0 Å². The highest BCUT2D eigenvalue weighted by Crippen LogP contribution is 2.40. The van der Waals surface area contributed by atoms with Gasteiger partial charge in [0.15, 0.2) is 11.5 Å². The predicted molar refractivity (Wildman–Crippen MR) is 152 cm³/mol. The fraction of sp³-hybridized carbons (Fsp3) is 0.303. The molecule has 0 radical (unpaired) electrons. The van der Waals surface area contributed by atoms with Crippen molar-refractivity contribution >= 4 is 16.7 Å². The van der Waals surface area contributed by atoms with Gasteiger partial charge in [0.1, 0.15) is 0 Å². The average Bonchev–Trinajstić information content (AvgIpc) is 3.27. The molecule has 0 aromatic heterocycles. The number of fused-ring (bicyclic) bond motifs is 3. The van der Waals surface area contributed by atoms with E-state index in [1.165, 1.54) is 21.9 Å². The number of rotatable bonds is 7. The minimum Gasteiger partial charge on any atom is -0.493 e. The summed E-state index contributed by atoms with van der Waals surface area (Å²) >= 11 is 0. The molecule has 6 nitrogen and oxygen atoms in total. The molecule has 2 aliphatic rings. The maximum atomic E-state index is 13.4. The first kappa shape index (κ1) is 25.4. The number of amides is 1. The first-order valence-electron chi connectivity index (χ1n) is 13.6. The molecule has 0 saturated carbocycles. The number of nitrogens with zero attached hydrogens (tertiary/aromatic N) is 1. The Labute approximate surface area is 229 Å². The molecule has 39 heavy (non-hydrogen) atoms. The molecule has 3 unspecified atom stereocenters. The van der Waals surface area contributed by atoms with Crippen LogP contribution in [0.25, 0.3) is 10.8 Å². The minimum absolute atomic E-state index is 0.0127. The lowest BCUT2D eigenvalue weighted by molar-refractivity contribution is -0.124. The summed E-state index contributed by atoms with van der Waals surface area (Å²) in [6, 6.07) is 26.7. The van der Waals surface area contributed by atoms with E-state index in [1.54, 1.807) is 14.2 Å². The van der Waals surface area contributed by atoms with E-state index in [0.29, 0.717) is 12.2 Å². The Morgan fingerprint density at radius 1 is 0.897 bits per heavy atom. The molecule has 6 rings (SSSR count). The number of nitrogens with one attached hydrogen (secondary N) is 1. The topological polar surface area (TPSA) is 71.0 Å². The van der Waals surface area contributed by atoms with Gasteiger partial charge in [0, 0.05) is 19.0 Å². The second-order valence-electron chi connectivity index (χ2n) is 10.5. The van der Waals surface area contributed by atoms with E-state index in [9.17, 15) is 9.90 Å². The summed E-state index contributed by atoms with van der Waals surface area (Å²) < 4.78 is 11.2. The van der Waals surface area contributed by atoms with Gasteiger partial charge < -0.3 is 19.9 Å². The molecule has 4 aromatic carbocycles. The third-order valence-corrected chi connectivity index (χ3v) is 8.22. The molecule has 0 fully saturated rings. The van der Waals surface area contributed by atoms with Gasteiger partial charge in [-0.3, -0.25) is 9.69 Å². The van der Waals surface area contributed by atoms with E-state index < -0.39 is 6.10 Å². The smallest absolute Gasteiger partial charge is 0.234 e. The van der Waals surface area contributed by atoms with Crippen LogP contribution in [0, 0.1) is 0 Å². The van der Waals surface area contributed by atoms with Crippen molar-refractivity contribution in [2.24, 2.45) is 0 Å². The SMILES string of the molecule is COc1cc2c(cc1OC)C(Cc1ccc3ccccc3c1)N(CC(=O)NC1c3ccccc3CC1O)CC2. The fourth-order valence-electron chi connectivity index (χ4n) is 6.25. The van der Waals surface area contributed by atoms with E-state index >= 15 is 0 Å². The van der Waals surface area contributed by atoms with Crippen molar-refractivity contribution < 1.29 is 19.4 Å². The third-order valence-electron chi connectivity index (χ3n) is 8.22. The quantitative estimate of drug-likeness (QED) is 0.366. The molecule has 1 amide bonds. The first-order valence-corrected chi connectivity index (χ1v) is 13.6.